The largest absolute Gasteiger partial charge is 0.444 e. The highest BCUT2D eigenvalue weighted by atomic mass is 16.6. The van der Waals surface area contributed by atoms with Crippen molar-refractivity contribution < 1.29 is 14.3 Å². The molecule has 0 heterocycles. The number of nitrogens with zero attached hydrogens (tertiary/aromatic N) is 1. The molecule has 0 unspecified atom stereocenters. The molecule has 0 atom stereocenters. The van der Waals surface area contributed by atoms with E-state index in [0.717, 1.165) is 11.8 Å². The molecule has 1 aromatic carbocycles. The molecule has 0 saturated heterocycles. The molecular weight excluding hydrogens is 266 g/mol. The van der Waals surface area contributed by atoms with Crippen LogP contribution in [0.25, 0.3) is 0 Å². The van der Waals surface area contributed by atoms with Gasteiger partial charge < -0.3 is 9.53 Å². The zero-order valence-electron chi connectivity index (χ0n) is 12.8. The minimum Gasteiger partial charge on any atom is -0.444 e. The van der Waals surface area contributed by atoms with Gasteiger partial charge in [-0.2, -0.15) is 0 Å². The van der Waals surface area contributed by atoms with Crippen molar-refractivity contribution in [3.05, 3.63) is 35.9 Å². The van der Waals surface area contributed by atoms with E-state index in [4.69, 9.17) is 4.74 Å². The van der Waals surface area contributed by atoms with Crippen LogP contribution in [0.1, 0.15) is 32.8 Å². The van der Waals surface area contributed by atoms with Gasteiger partial charge in [0, 0.05) is 18.5 Å². The smallest absolute Gasteiger partial charge is 0.411 e. The first-order valence-corrected chi connectivity index (χ1v) is 6.88. The van der Waals surface area contributed by atoms with E-state index in [1.807, 2.05) is 30.3 Å². The van der Waals surface area contributed by atoms with E-state index in [9.17, 15) is 9.59 Å². The minimum absolute atomic E-state index is 0.234. The maximum atomic E-state index is 12.0. The van der Waals surface area contributed by atoms with Crippen molar-refractivity contribution in [1.82, 2.24) is 4.90 Å². The summed E-state index contributed by atoms with van der Waals surface area (Å²) in [7, 11) is 0. The van der Waals surface area contributed by atoms with Crippen LogP contribution in [0, 0.1) is 11.8 Å². The van der Waals surface area contributed by atoms with Crippen LogP contribution < -0.4 is 0 Å². The molecule has 0 aliphatic rings. The van der Waals surface area contributed by atoms with Crippen LogP contribution >= 0.6 is 0 Å². The molecule has 21 heavy (non-hydrogen) atoms. The van der Waals surface area contributed by atoms with E-state index < -0.39 is 11.7 Å². The Morgan fingerprint density at radius 2 is 1.95 bits per heavy atom. The summed E-state index contributed by atoms with van der Waals surface area (Å²) in [6, 6.07) is 9.53. The maximum Gasteiger partial charge on any atom is 0.411 e. The van der Waals surface area contributed by atoms with Gasteiger partial charge in [0.05, 0.1) is 6.54 Å². The number of hydrogen-bond acceptors (Lipinski definition) is 3. The van der Waals surface area contributed by atoms with Gasteiger partial charge in [-0.1, -0.05) is 30.0 Å². The van der Waals surface area contributed by atoms with Crippen molar-refractivity contribution in [2.75, 3.05) is 13.1 Å². The lowest BCUT2D eigenvalue weighted by Crippen LogP contribution is -2.37. The van der Waals surface area contributed by atoms with Crippen LogP contribution in [0.3, 0.4) is 0 Å². The second-order valence-electron chi connectivity index (χ2n) is 5.53. The van der Waals surface area contributed by atoms with Gasteiger partial charge in [0.25, 0.3) is 0 Å². The molecule has 1 amide bonds. The van der Waals surface area contributed by atoms with E-state index in [2.05, 4.69) is 11.8 Å². The van der Waals surface area contributed by atoms with Crippen molar-refractivity contribution in [2.45, 2.75) is 32.8 Å². The van der Waals surface area contributed by atoms with E-state index in [0.29, 0.717) is 6.54 Å². The topological polar surface area (TPSA) is 46.6 Å². The van der Waals surface area contributed by atoms with Crippen LogP contribution in [-0.2, 0) is 9.53 Å². The standard InChI is InChI=1S/C17H21NO3/c1-17(2,3)21-16(20)18(13-8-14-19)12-7-11-15-9-5-4-6-10-15/h4-6,9-10,14H,8,12-13H2,1-3H3. The van der Waals surface area contributed by atoms with E-state index >= 15 is 0 Å². The summed E-state index contributed by atoms with van der Waals surface area (Å²) < 4.78 is 5.30. The fraction of sp³-hybridized carbons (Fsp3) is 0.412. The molecule has 0 aromatic heterocycles. The fourth-order valence-corrected chi connectivity index (χ4v) is 1.53. The lowest BCUT2D eigenvalue weighted by molar-refractivity contribution is -0.108. The third-order valence-electron chi connectivity index (χ3n) is 2.44. The fourth-order valence-electron chi connectivity index (χ4n) is 1.53. The predicted molar refractivity (Wildman–Crippen MR) is 81.8 cm³/mol. The summed E-state index contributed by atoms with van der Waals surface area (Å²) in [5.41, 5.74) is 0.320. The third kappa shape index (κ3) is 7.17. The molecule has 1 rings (SSSR count). The summed E-state index contributed by atoms with van der Waals surface area (Å²) in [5.74, 6) is 5.92. The molecule has 4 heteroatoms. The Kier molecular flexibility index (Phi) is 6.48. The molecule has 0 aliphatic heterocycles. The molecule has 0 saturated carbocycles. The lowest BCUT2D eigenvalue weighted by atomic mass is 10.2. The number of carbonyl (C=O) groups is 2. The first-order valence-electron chi connectivity index (χ1n) is 6.88. The van der Waals surface area contributed by atoms with Gasteiger partial charge >= 0.3 is 6.09 Å². The maximum absolute atomic E-state index is 12.0. The Bertz CT molecular complexity index is 520. The van der Waals surface area contributed by atoms with Crippen LogP contribution in [0.5, 0.6) is 0 Å². The van der Waals surface area contributed by atoms with Gasteiger partial charge in [0.1, 0.15) is 11.9 Å². The molecule has 0 radical (unpaired) electrons. The van der Waals surface area contributed by atoms with Crippen molar-refractivity contribution >= 4 is 12.4 Å². The van der Waals surface area contributed by atoms with E-state index in [-0.39, 0.29) is 13.0 Å². The average molecular weight is 287 g/mol. The van der Waals surface area contributed by atoms with Crippen LogP contribution in [0.2, 0.25) is 0 Å². The van der Waals surface area contributed by atoms with Gasteiger partial charge in [-0.3, -0.25) is 4.90 Å². The molecule has 4 nitrogen and oxygen atoms in total. The zero-order valence-corrected chi connectivity index (χ0v) is 12.8. The Labute approximate surface area is 126 Å². The summed E-state index contributed by atoms with van der Waals surface area (Å²) in [4.78, 5) is 24.0. The minimum atomic E-state index is -0.566. The van der Waals surface area contributed by atoms with Crippen molar-refractivity contribution in [1.29, 1.82) is 0 Å². The van der Waals surface area contributed by atoms with Gasteiger partial charge in [-0.25, -0.2) is 4.79 Å². The van der Waals surface area contributed by atoms with Crippen LogP contribution in [0.4, 0.5) is 4.79 Å². The summed E-state index contributed by atoms with van der Waals surface area (Å²) in [6.45, 7) is 5.95. The Morgan fingerprint density at radius 1 is 1.29 bits per heavy atom. The number of amides is 1. The molecule has 1 aromatic rings. The summed E-state index contributed by atoms with van der Waals surface area (Å²) in [5, 5.41) is 0. The number of hydrogen-bond donors (Lipinski definition) is 0. The first kappa shape index (κ1) is 16.8. The highest BCUT2D eigenvalue weighted by Gasteiger charge is 2.21. The number of benzene rings is 1. The molecule has 112 valence electrons. The Hall–Kier alpha value is -2.28. The van der Waals surface area contributed by atoms with Crippen molar-refractivity contribution in [3.8, 4) is 11.8 Å². The van der Waals surface area contributed by atoms with E-state index in [1.165, 1.54) is 4.90 Å². The van der Waals surface area contributed by atoms with Crippen molar-refractivity contribution in [3.63, 3.8) is 0 Å². The molecule has 0 spiro atoms. The highest BCUT2D eigenvalue weighted by Crippen LogP contribution is 2.10. The lowest BCUT2D eigenvalue weighted by Gasteiger charge is -2.25. The molecule has 0 fully saturated rings. The second-order valence-corrected chi connectivity index (χ2v) is 5.53. The quantitative estimate of drug-likeness (QED) is 0.632. The number of rotatable bonds is 4. The van der Waals surface area contributed by atoms with Gasteiger partial charge in [0.2, 0.25) is 0 Å². The third-order valence-corrected chi connectivity index (χ3v) is 2.44. The first-order chi connectivity index (χ1) is 9.92. The molecule has 0 aliphatic carbocycles. The molecule has 0 N–H and O–H groups in total. The zero-order chi connectivity index (χ0) is 15.7. The average Bonchev–Trinajstić information content (AvgIpc) is 2.41. The highest BCUT2D eigenvalue weighted by molar-refractivity contribution is 5.69. The Morgan fingerprint density at radius 3 is 2.52 bits per heavy atom. The number of carbonyl (C=O) groups excluding carboxylic acids is 2. The molecule has 0 bridgehead atoms. The SMILES string of the molecule is CC(C)(C)OC(=O)N(CC#Cc1ccccc1)CCC=O. The Balaban J connectivity index is 2.68. The normalized spacial score (nSPS) is 10.2. The van der Waals surface area contributed by atoms with Gasteiger partial charge in [-0.15, -0.1) is 0 Å². The monoisotopic (exact) mass is 287 g/mol. The summed E-state index contributed by atoms with van der Waals surface area (Å²) >= 11 is 0. The van der Waals surface area contributed by atoms with Crippen LogP contribution in [-0.4, -0.2) is 36.0 Å². The summed E-state index contributed by atoms with van der Waals surface area (Å²) in [6.07, 6.45) is 0.598. The number of ether oxygens (including phenoxy) is 1. The second kappa shape index (κ2) is 8.11. The van der Waals surface area contributed by atoms with Gasteiger partial charge in [0.15, 0.2) is 0 Å². The van der Waals surface area contributed by atoms with Crippen molar-refractivity contribution in [2.24, 2.45) is 0 Å². The van der Waals surface area contributed by atoms with Crippen LogP contribution in [0.15, 0.2) is 30.3 Å². The predicted octanol–water partition coefficient (Wildman–Crippen LogP) is 2.86. The van der Waals surface area contributed by atoms with E-state index in [1.54, 1.807) is 20.8 Å². The molecular formula is C17H21NO3. The van der Waals surface area contributed by atoms with Gasteiger partial charge in [-0.05, 0) is 32.9 Å². The number of aldehydes is 1.